The molecule has 0 bridgehead atoms. The van der Waals surface area contributed by atoms with E-state index in [0.717, 1.165) is 11.0 Å². The Bertz CT molecular complexity index is 936. The van der Waals surface area contributed by atoms with Gasteiger partial charge in [0.15, 0.2) is 0 Å². The molecule has 0 unspecified atom stereocenters. The number of aromatic amines is 1. The van der Waals surface area contributed by atoms with Crippen LogP contribution in [0.3, 0.4) is 0 Å². The molecule has 2 N–H and O–H groups in total. The first kappa shape index (κ1) is 15.0. The molecule has 118 valence electrons. The number of hydrogen-bond acceptors (Lipinski definition) is 5. The Morgan fingerprint density at radius 1 is 1.26 bits per heavy atom. The van der Waals surface area contributed by atoms with Gasteiger partial charge in [0.25, 0.3) is 10.0 Å². The summed E-state index contributed by atoms with van der Waals surface area (Å²) in [4.78, 5) is 11.0. The smallest absolute Gasteiger partial charge is 0.254 e. The third-order valence-corrected chi connectivity index (χ3v) is 4.07. The Morgan fingerprint density at radius 3 is 2.78 bits per heavy atom. The Morgan fingerprint density at radius 2 is 2.04 bits per heavy atom. The van der Waals surface area contributed by atoms with Gasteiger partial charge < -0.3 is 9.72 Å². The van der Waals surface area contributed by atoms with Crippen molar-refractivity contribution in [1.82, 2.24) is 15.0 Å². The highest BCUT2D eigenvalue weighted by molar-refractivity contribution is 7.95. The van der Waals surface area contributed by atoms with Gasteiger partial charge in [0.2, 0.25) is 5.88 Å². The summed E-state index contributed by atoms with van der Waals surface area (Å²) in [7, 11) is -3.63. The zero-order valence-electron chi connectivity index (χ0n) is 12.1. The average Bonchev–Trinajstić information content (AvgIpc) is 2.97. The van der Waals surface area contributed by atoms with Crippen LogP contribution in [0.15, 0.2) is 54.8 Å². The van der Waals surface area contributed by atoms with Crippen molar-refractivity contribution in [2.24, 2.45) is 0 Å². The second kappa shape index (κ2) is 6.09. The number of fused-ring (bicyclic) bond motifs is 1. The average molecular weight is 330 g/mol. The molecule has 0 spiro atoms. The number of nitrogens with one attached hydrogen (secondary N) is 2. The monoisotopic (exact) mass is 330 g/mol. The molecule has 0 saturated heterocycles. The third-order valence-electron chi connectivity index (χ3n) is 3.13. The fraction of sp³-hybridized carbons (Fsp3) is 0.0667. The molecule has 0 amide bonds. The SMILES string of the molecule is C=CS(=O)(=O)Nc1c[nH]c2ncnc(OCc3ccccc3)c12. The molecule has 8 heteroatoms. The van der Waals surface area contributed by atoms with Gasteiger partial charge in [0.1, 0.15) is 24.0 Å². The number of hydrogen-bond donors (Lipinski definition) is 2. The topological polar surface area (TPSA) is 97.0 Å². The summed E-state index contributed by atoms with van der Waals surface area (Å²) in [5.74, 6) is 0.293. The quantitative estimate of drug-likeness (QED) is 0.723. The van der Waals surface area contributed by atoms with Gasteiger partial charge in [0, 0.05) is 11.6 Å². The Kier molecular flexibility index (Phi) is 3.98. The molecular weight excluding hydrogens is 316 g/mol. The van der Waals surface area contributed by atoms with E-state index in [0.29, 0.717) is 29.2 Å². The molecular formula is C15H14N4O3S. The zero-order valence-corrected chi connectivity index (χ0v) is 12.9. The Labute approximate surface area is 133 Å². The van der Waals surface area contributed by atoms with Crippen LogP contribution >= 0.6 is 0 Å². The van der Waals surface area contributed by atoms with E-state index in [1.54, 1.807) is 0 Å². The second-order valence-electron chi connectivity index (χ2n) is 4.69. The predicted molar refractivity (Wildman–Crippen MR) is 87.4 cm³/mol. The molecule has 0 aliphatic rings. The van der Waals surface area contributed by atoms with E-state index in [9.17, 15) is 8.42 Å². The highest BCUT2D eigenvalue weighted by atomic mass is 32.2. The fourth-order valence-corrected chi connectivity index (χ4v) is 2.60. The second-order valence-corrected chi connectivity index (χ2v) is 6.32. The predicted octanol–water partition coefficient (Wildman–Crippen LogP) is 2.42. The maximum Gasteiger partial charge on any atom is 0.254 e. The number of aromatic nitrogens is 3. The number of sulfonamides is 1. The molecule has 0 atom stereocenters. The molecule has 2 heterocycles. The van der Waals surface area contributed by atoms with E-state index >= 15 is 0 Å². The maximum atomic E-state index is 11.7. The van der Waals surface area contributed by atoms with Gasteiger partial charge in [-0.15, -0.1) is 0 Å². The van der Waals surface area contributed by atoms with Crippen LogP contribution in [-0.4, -0.2) is 23.4 Å². The van der Waals surface area contributed by atoms with Crippen molar-refractivity contribution >= 4 is 26.7 Å². The van der Waals surface area contributed by atoms with Crippen LogP contribution in [0, 0.1) is 0 Å². The first-order valence-corrected chi connectivity index (χ1v) is 8.28. The van der Waals surface area contributed by atoms with Crippen molar-refractivity contribution in [1.29, 1.82) is 0 Å². The summed E-state index contributed by atoms with van der Waals surface area (Å²) in [5.41, 5.74) is 1.76. The largest absolute Gasteiger partial charge is 0.472 e. The first-order valence-electron chi connectivity index (χ1n) is 6.73. The minimum absolute atomic E-state index is 0.293. The first-order chi connectivity index (χ1) is 11.1. The van der Waals surface area contributed by atoms with E-state index in [4.69, 9.17) is 4.74 Å². The maximum absolute atomic E-state index is 11.7. The van der Waals surface area contributed by atoms with Gasteiger partial charge in [-0.2, -0.15) is 0 Å². The fourth-order valence-electron chi connectivity index (χ4n) is 2.05. The Hall–Kier alpha value is -2.87. The zero-order chi connectivity index (χ0) is 16.3. The number of H-pyrrole nitrogens is 1. The highest BCUT2D eigenvalue weighted by Crippen LogP contribution is 2.30. The van der Waals surface area contributed by atoms with E-state index in [-0.39, 0.29) is 0 Å². The number of ether oxygens (including phenoxy) is 1. The molecule has 0 aliphatic heterocycles. The molecule has 3 aromatic rings. The normalized spacial score (nSPS) is 11.3. The molecule has 23 heavy (non-hydrogen) atoms. The standard InChI is InChI=1S/C15H14N4O3S/c1-2-23(20,21)19-12-8-16-14-13(12)15(18-10-17-14)22-9-11-6-4-3-5-7-11/h2-8,10,19H,1,9H2,(H,16,17,18). The van der Waals surface area contributed by atoms with E-state index in [1.807, 2.05) is 30.3 Å². The minimum atomic E-state index is -3.63. The summed E-state index contributed by atoms with van der Waals surface area (Å²) in [6.45, 7) is 3.58. The van der Waals surface area contributed by atoms with Gasteiger partial charge in [-0.3, -0.25) is 4.72 Å². The minimum Gasteiger partial charge on any atom is -0.472 e. The van der Waals surface area contributed by atoms with Crippen molar-refractivity contribution in [2.75, 3.05) is 4.72 Å². The van der Waals surface area contributed by atoms with Crippen molar-refractivity contribution in [3.63, 3.8) is 0 Å². The van der Waals surface area contributed by atoms with Crippen LogP contribution in [-0.2, 0) is 16.6 Å². The van der Waals surface area contributed by atoms with Crippen LogP contribution in [0.5, 0.6) is 5.88 Å². The summed E-state index contributed by atoms with van der Waals surface area (Å²) >= 11 is 0. The highest BCUT2D eigenvalue weighted by Gasteiger charge is 2.15. The number of rotatable bonds is 6. The molecule has 0 radical (unpaired) electrons. The van der Waals surface area contributed by atoms with Gasteiger partial charge in [-0.25, -0.2) is 18.4 Å². The molecule has 0 fully saturated rings. The van der Waals surface area contributed by atoms with Crippen LogP contribution in [0.1, 0.15) is 5.56 Å². The van der Waals surface area contributed by atoms with E-state index in [2.05, 4.69) is 26.3 Å². The van der Waals surface area contributed by atoms with Crippen LogP contribution < -0.4 is 9.46 Å². The molecule has 2 aromatic heterocycles. The number of anilines is 1. The van der Waals surface area contributed by atoms with Crippen molar-refractivity contribution in [2.45, 2.75) is 6.61 Å². The lowest BCUT2D eigenvalue weighted by atomic mass is 10.2. The van der Waals surface area contributed by atoms with E-state index in [1.165, 1.54) is 12.5 Å². The molecule has 0 saturated carbocycles. The number of benzene rings is 1. The van der Waals surface area contributed by atoms with Crippen molar-refractivity contribution in [3.05, 3.63) is 60.4 Å². The summed E-state index contributed by atoms with van der Waals surface area (Å²) in [6.07, 6.45) is 2.85. The lowest BCUT2D eigenvalue weighted by Gasteiger charge is -2.08. The molecule has 7 nitrogen and oxygen atoms in total. The van der Waals surface area contributed by atoms with Gasteiger partial charge in [0.05, 0.1) is 5.69 Å². The van der Waals surface area contributed by atoms with Gasteiger partial charge >= 0.3 is 0 Å². The van der Waals surface area contributed by atoms with Gasteiger partial charge in [-0.1, -0.05) is 36.9 Å². The van der Waals surface area contributed by atoms with Crippen LogP contribution in [0.2, 0.25) is 0 Å². The summed E-state index contributed by atoms with van der Waals surface area (Å²) in [6, 6.07) is 9.59. The lowest BCUT2D eigenvalue weighted by Crippen LogP contribution is -2.08. The van der Waals surface area contributed by atoms with Crippen molar-refractivity contribution in [3.8, 4) is 5.88 Å². The summed E-state index contributed by atoms with van der Waals surface area (Å²) in [5, 5.41) is 1.30. The van der Waals surface area contributed by atoms with Crippen LogP contribution in [0.25, 0.3) is 11.0 Å². The van der Waals surface area contributed by atoms with Crippen LogP contribution in [0.4, 0.5) is 5.69 Å². The molecule has 3 rings (SSSR count). The lowest BCUT2D eigenvalue weighted by molar-refractivity contribution is 0.298. The molecule has 0 aliphatic carbocycles. The molecule has 1 aromatic carbocycles. The number of nitrogens with zero attached hydrogens (tertiary/aromatic N) is 2. The van der Waals surface area contributed by atoms with Gasteiger partial charge in [-0.05, 0) is 5.56 Å². The summed E-state index contributed by atoms with van der Waals surface area (Å²) < 4.78 is 31.5. The Balaban J connectivity index is 1.94. The third kappa shape index (κ3) is 3.32. The van der Waals surface area contributed by atoms with E-state index < -0.39 is 10.0 Å². The van der Waals surface area contributed by atoms with Crippen molar-refractivity contribution < 1.29 is 13.2 Å².